The molecule has 0 saturated heterocycles. The molecule has 1 fully saturated rings. The van der Waals surface area contributed by atoms with E-state index in [-0.39, 0.29) is 12.5 Å². The van der Waals surface area contributed by atoms with Crippen molar-refractivity contribution in [2.75, 3.05) is 6.54 Å². The van der Waals surface area contributed by atoms with Crippen LogP contribution in [-0.4, -0.2) is 34.0 Å². The molecule has 1 amide bonds. The zero-order chi connectivity index (χ0) is 18.4. The van der Waals surface area contributed by atoms with Gasteiger partial charge in [0.25, 0.3) is 5.91 Å². The average molecular weight is 360 g/mol. The fourth-order valence-electron chi connectivity index (χ4n) is 3.37. The number of hydrogen-bond donors (Lipinski definition) is 0. The number of amides is 1. The normalized spacial score (nSPS) is 18.2. The molecule has 1 saturated carbocycles. The van der Waals surface area contributed by atoms with Crippen LogP contribution in [0.3, 0.4) is 0 Å². The van der Waals surface area contributed by atoms with Gasteiger partial charge in [-0.3, -0.25) is 14.6 Å². The molecule has 0 N–H and O–H groups in total. The number of nitrogens with zero attached hydrogens (tertiary/aromatic N) is 3. The van der Waals surface area contributed by atoms with Crippen molar-refractivity contribution in [3.8, 4) is 6.07 Å². The van der Waals surface area contributed by atoms with Crippen molar-refractivity contribution in [2.24, 2.45) is 4.99 Å². The third-order valence-corrected chi connectivity index (χ3v) is 4.61. The molecule has 1 aromatic rings. The van der Waals surface area contributed by atoms with Gasteiger partial charge in [-0.1, -0.05) is 32.4 Å². The van der Waals surface area contributed by atoms with Crippen molar-refractivity contribution in [3.05, 3.63) is 35.4 Å². The Labute approximate surface area is 153 Å². The molecule has 3 rings (SSSR count). The second kappa shape index (κ2) is 8.26. The molecule has 1 aliphatic carbocycles. The number of nitriles is 1. The number of rotatable bonds is 3. The van der Waals surface area contributed by atoms with Crippen molar-refractivity contribution < 1.29 is 9.59 Å². The van der Waals surface area contributed by atoms with Crippen molar-refractivity contribution in [1.29, 1.82) is 5.26 Å². The van der Waals surface area contributed by atoms with E-state index >= 15 is 0 Å². The van der Waals surface area contributed by atoms with Gasteiger partial charge in [0.15, 0.2) is 0 Å². The molecule has 1 aromatic carbocycles. The summed E-state index contributed by atoms with van der Waals surface area (Å²) in [5.74, 6) is -0.259. The lowest BCUT2D eigenvalue weighted by molar-refractivity contribution is -0.132. The first kappa shape index (κ1) is 19.1. The Kier molecular flexibility index (Phi) is 6.33. The van der Waals surface area contributed by atoms with Crippen LogP contribution in [0.25, 0.3) is 0 Å². The van der Waals surface area contributed by atoms with Gasteiger partial charge in [0, 0.05) is 5.56 Å². The highest BCUT2D eigenvalue weighted by atomic mass is 35.5. The van der Waals surface area contributed by atoms with Gasteiger partial charge in [0.1, 0.15) is 11.4 Å². The summed E-state index contributed by atoms with van der Waals surface area (Å²) < 4.78 is 0. The highest BCUT2D eigenvalue weighted by molar-refractivity contribution is 6.64. The molecule has 6 heteroatoms. The van der Waals surface area contributed by atoms with Crippen LogP contribution in [0.4, 0.5) is 0 Å². The lowest BCUT2D eigenvalue weighted by Crippen LogP contribution is -2.49. The Morgan fingerprint density at radius 3 is 2.36 bits per heavy atom. The van der Waals surface area contributed by atoms with Crippen LogP contribution in [0.1, 0.15) is 57.1 Å². The van der Waals surface area contributed by atoms with E-state index < -0.39 is 10.9 Å². The molecule has 25 heavy (non-hydrogen) atoms. The Bertz CT molecular complexity index is 713. The van der Waals surface area contributed by atoms with Gasteiger partial charge in [-0.2, -0.15) is 5.26 Å². The second-order valence-electron chi connectivity index (χ2n) is 5.94. The Morgan fingerprint density at radius 2 is 1.84 bits per heavy atom. The fraction of sp³-hybridized carbons (Fsp3) is 0.474. The van der Waals surface area contributed by atoms with E-state index in [1.165, 1.54) is 4.90 Å². The van der Waals surface area contributed by atoms with Gasteiger partial charge >= 0.3 is 0 Å². The van der Waals surface area contributed by atoms with Gasteiger partial charge in [-0.15, -0.1) is 0 Å². The van der Waals surface area contributed by atoms with Crippen LogP contribution in [0.5, 0.6) is 0 Å². The minimum atomic E-state index is -0.636. The summed E-state index contributed by atoms with van der Waals surface area (Å²) >= 11 is 5.54. The summed E-state index contributed by atoms with van der Waals surface area (Å²) in [6, 6.07) is 8.81. The van der Waals surface area contributed by atoms with Gasteiger partial charge in [0.2, 0.25) is 5.24 Å². The van der Waals surface area contributed by atoms with Crippen molar-refractivity contribution in [3.63, 3.8) is 0 Å². The molecular weight excluding hydrogens is 338 g/mol. The van der Waals surface area contributed by atoms with E-state index in [1.54, 1.807) is 24.3 Å². The van der Waals surface area contributed by atoms with E-state index in [1.807, 2.05) is 13.8 Å². The predicted molar refractivity (Wildman–Crippen MR) is 97.4 cm³/mol. The monoisotopic (exact) mass is 359 g/mol. The highest BCUT2D eigenvalue weighted by Gasteiger charge is 2.48. The number of benzene rings is 1. The summed E-state index contributed by atoms with van der Waals surface area (Å²) in [6.45, 7) is 3.88. The van der Waals surface area contributed by atoms with E-state index in [9.17, 15) is 9.59 Å². The zero-order valence-electron chi connectivity index (χ0n) is 14.6. The summed E-state index contributed by atoms with van der Waals surface area (Å²) in [5, 5.41) is 8.32. The van der Waals surface area contributed by atoms with Gasteiger partial charge in [-0.25, -0.2) is 0 Å². The molecule has 2 aliphatic rings. The first-order valence-corrected chi connectivity index (χ1v) is 9.04. The summed E-state index contributed by atoms with van der Waals surface area (Å²) in [5.41, 5.74) is 0.918. The minimum Gasteiger partial charge on any atom is -0.304 e. The molecule has 5 nitrogen and oxygen atoms in total. The van der Waals surface area contributed by atoms with Gasteiger partial charge in [-0.05, 0) is 49.4 Å². The van der Waals surface area contributed by atoms with Crippen LogP contribution in [0.2, 0.25) is 0 Å². The van der Waals surface area contributed by atoms with Gasteiger partial charge in [0.05, 0.1) is 18.2 Å². The number of hydrogen-bond acceptors (Lipinski definition) is 4. The first-order valence-electron chi connectivity index (χ1n) is 8.66. The predicted octanol–water partition coefficient (Wildman–Crippen LogP) is 3.64. The Balaban J connectivity index is 0.00000109. The molecule has 0 unspecified atom stereocenters. The van der Waals surface area contributed by atoms with Crippen molar-refractivity contribution >= 4 is 28.5 Å². The molecule has 1 aliphatic heterocycles. The van der Waals surface area contributed by atoms with E-state index in [0.717, 1.165) is 32.1 Å². The first-order chi connectivity index (χ1) is 12.1. The number of halogens is 1. The largest absolute Gasteiger partial charge is 0.304 e. The van der Waals surface area contributed by atoms with Crippen molar-refractivity contribution in [1.82, 2.24) is 4.90 Å². The molecule has 0 bridgehead atoms. The van der Waals surface area contributed by atoms with Crippen LogP contribution in [0.15, 0.2) is 29.3 Å². The summed E-state index contributed by atoms with van der Waals surface area (Å²) in [4.78, 5) is 30.4. The van der Waals surface area contributed by atoms with E-state index in [0.29, 0.717) is 16.8 Å². The maximum atomic E-state index is 12.8. The second-order valence-corrected chi connectivity index (χ2v) is 6.36. The highest BCUT2D eigenvalue weighted by Crippen LogP contribution is 2.39. The third kappa shape index (κ3) is 3.91. The minimum absolute atomic E-state index is 0.121. The Morgan fingerprint density at radius 1 is 1.24 bits per heavy atom. The summed E-state index contributed by atoms with van der Waals surface area (Å²) in [7, 11) is 0. The van der Waals surface area contributed by atoms with Crippen LogP contribution in [0, 0.1) is 11.3 Å². The molecular formula is C19H22ClN3O2. The molecule has 132 valence electrons. The average Bonchev–Trinajstić information content (AvgIpc) is 2.90. The van der Waals surface area contributed by atoms with E-state index in [2.05, 4.69) is 6.07 Å². The number of carbonyl (C=O) groups excluding carboxylic acids is 2. The lowest BCUT2D eigenvalue weighted by Gasteiger charge is -2.38. The Hall–Kier alpha value is -2.19. The molecule has 0 aromatic heterocycles. The van der Waals surface area contributed by atoms with Gasteiger partial charge < -0.3 is 4.90 Å². The number of carbonyl (C=O) groups is 2. The van der Waals surface area contributed by atoms with Crippen LogP contribution >= 0.6 is 11.6 Å². The standard InChI is InChI=1S/C17H16ClN3O2.C2H6/c18-14(22)11-21-16(23)15(13-6-4-12(10-19)5-7-13)20-17(21)8-2-1-3-9-17;1-2/h4-7H,1-3,8-9,11H2;1-2H3. The topological polar surface area (TPSA) is 73.5 Å². The molecule has 1 spiro atoms. The van der Waals surface area contributed by atoms with Crippen LogP contribution < -0.4 is 0 Å². The summed E-state index contributed by atoms with van der Waals surface area (Å²) in [6.07, 6.45) is 4.57. The maximum Gasteiger partial charge on any atom is 0.275 e. The zero-order valence-corrected chi connectivity index (χ0v) is 15.3. The third-order valence-electron chi connectivity index (χ3n) is 4.49. The molecule has 0 radical (unpaired) electrons. The van der Waals surface area contributed by atoms with E-state index in [4.69, 9.17) is 21.9 Å². The fourth-order valence-corrected chi connectivity index (χ4v) is 3.49. The quantitative estimate of drug-likeness (QED) is 0.773. The number of aliphatic imine (C=N–C) groups is 1. The maximum absolute atomic E-state index is 12.8. The van der Waals surface area contributed by atoms with Crippen molar-refractivity contribution in [2.45, 2.75) is 51.6 Å². The molecule has 1 heterocycles. The molecule has 0 atom stereocenters. The SMILES string of the molecule is CC.N#Cc1ccc(C2=NC3(CCCCC3)N(CC(=O)Cl)C2=O)cc1. The lowest BCUT2D eigenvalue weighted by atomic mass is 9.88. The smallest absolute Gasteiger partial charge is 0.275 e. The van der Waals surface area contributed by atoms with Crippen LogP contribution in [-0.2, 0) is 9.59 Å².